The quantitative estimate of drug-likeness (QED) is 0.831. The van der Waals surface area contributed by atoms with Crippen LogP contribution in [0.15, 0.2) is 16.6 Å². The molecule has 0 amide bonds. The highest BCUT2D eigenvalue weighted by Crippen LogP contribution is 2.30. The van der Waals surface area contributed by atoms with E-state index in [9.17, 15) is 9.90 Å². The molecule has 4 nitrogen and oxygen atoms in total. The van der Waals surface area contributed by atoms with Crippen molar-refractivity contribution in [3.63, 3.8) is 0 Å². The van der Waals surface area contributed by atoms with Crippen LogP contribution in [-0.2, 0) is 16.0 Å². The summed E-state index contributed by atoms with van der Waals surface area (Å²) in [6.45, 7) is 0. The Balaban J connectivity index is 3.15. The van der Waals surface area contributed by atoms with Crippen LogP contribution in [0, 0.1) is 11.3 Å². The summed E-state index contributed by atoms with van der Waals surface area (Å²) >= 11 is 3.09. The number of hydrogen-bond donors (Lipinski definition) is 1. The molecule has 0 atom stereocenters. The molecule has 15 heavy (non-hydrogen) atoms. The fraction of sp³-hybridized carbons (Fsp3) is 0.200. The Morgan fingerprint density at radius 1 is 1.67 bits per heavy atom. The number of ether oxygens (including phenoxy) is 1. The van der Waals surface area contributed by atoms with Gasteiger partial charge in [0.15, 0.2) is 0 Å². The lowest BCUT2D eigenvalue weighted by atomic mass is 10.0. The minimum absolute atomic E-state index is 0.0275. The molecule has 0 aliphatic heterocycles. The van der Waals surface area contributed by atoms with Crippen LogP contribution in [-0.4, -0.2) is 18.2 Å². The molecule has 1 N–H and O–H groups in total. The summed E-state index contributed by atoms with van der Waals surface area (Å²) in [6, 6.07) is 5.02. The lowest BCUT2D eigenvalue weighted by Gasteiger charge is -2.05. The zero-order chi connectivity index (χ0) is 11.4. The van der Waals surface area contributed by atoms with Crippen molar-refractivity contribution in [2.75, 3.05) is 7.11 Å². The minimum Gasteiger partial charge on any atom is -0.505 e. The maximum atomic E-state index is 11.0. The van der Waals surface area contributed by atoms with Crippen molar-refractivity contribution in [2.24, 2.45) is 0 Å². The van der Waals surface area contributed by atoms with E-state index in [2.05, 4.69) is 20.7 Å². The highest BCUT2D eigenvalue weighted by Gasteiger charge is 2.13. The van der Waals surface area contributed by atoms with Gasteiger partial charge in [-0.05, 0) is 27.6 Å². The Kier molecular flexibility index (Phi) is 3.69. The minimum atomic E-state index is -0.451. The van der Waals surface area contributed by atoms with Gasteiger partial charge in [0.1, 0.15) is 11.8 Å². The highest BCUT2D eigenvalue weighted by atomic mass is 79.9. The molecule has 0 aliphatic rings. The first kappa shape index (κ1) is 11.5. The lowest BCUT2D eigenvalue weighted by Crippen LogP contribution is -2.06. The van der Waals surface area contributed by atoms with Crippen molar-refractivity contribution in [1.29, 1.82) is 5.26 Å². The van der Waals surface area contributed by atoms with E-state index in [1.165, 1.54) is 7.11 Å². The van der Waals surface area contributed by atoms with Crippen molar-refractivity contribution < 1.29 is 14.6 Å². The lowest BCUT2D eigenvalue weighted by molar-refractivity contribution is -0.139. The largest absolute Gasteiger partial charge is 0.505 e. The molecule has 0 heterocycles. The third-order valence-corrected chi connectivity index (χ3v) is 2.53. The van der Waals surface area contributed by atoms with Gasteiger partial charge in [0.05, 0.1) is 23.6 Å². The van der Waals surface area contributed by atoms with Crippen LogP contribution in [0.2, 0.25) is 0 Å². The molecule has 0 aliphatic carbocycles. The Morgan fingerprint density at radius 3 is 2.87 bits per heavy atom. The van der Waals surface area contributed by atoms with E-state index in [-0.39, 0.29) is 17.7 Å². The van der Waals surface area contributed by atoms with Crippen LogP contribution >= 0.6 is 15.9 Å². The Morgan fingerprint density at radius 2 is 2.33 bits per heavy atom. The fourth-order valence-corrected chi connectivity index (χ4v) is 1.44. The van der Waals surface area contributed by atoms with Crippen LogP contribution in [0.4, 0.5) is 0 Å². The number of carbonyl (C=O) groups excluding carboxylic acids is 1. The molecule has 0 bridgehead atoms. The number of carbonyl (C=O) groups is 1. The number of methoxy groups -OCH3 is 1. The third-order valence-electron chi connectivity index (χ3n) is 1.89. The Labute approximate surface area is 95.2 Å². The number of hydrogen-bond acceptors (Lipinski definition) is 4. The molecule has 0 saturated carbocycles. The molecular formula is C10H8BrNO3. The third kappa shape index (κ3) is 2.48. The van der Waals surface area contributed by atoms with E-state index >= 15 is 0 Å². The number of nitriles is 1. The maximum Gasteiger partial charge on any atom is 0.310 e. The Bertz CT molecular complexity index is 437. The van der Waals surface area contributed by atoms with Crippen molar-refractivity contribution in [1.82, 2.24) is 0 Å². The van der Waals surface area contributed by atoms with Crippen molar-refractivity contribution >= 4 is 21.9 Å². The first-order chi connectivity index (χ1) is 7.10. The maximum absolute atomic E-state index is 11.0. The molecule has 0 spiro atoms. The van der Waals surface area contributed by atoms with Crippen molar-refractivity contribution in [2.45, 2.75) is 6.42 Å². The number of rotatable bonds is 2. The molecule has 0 saturated heterocycles. The average molecular weight is 270 g/mol. The van der Waals surface area contributed by atoms with Gasteiger partial charge < -0.3 is 9.84 Å². The van der Waals surface area contributed by atoms with Gasteiger partial charge >= 0.3 is 5.97 Å². The summed E-state index contributed by atoms with van der Waals surface area (Å²) in [6.07, 6.45) is -0.0275. The van der Waals surface area contributed by atoms with Gasteiger partial charge in [-0.1, -0.05) is 6.07 Å². The summed E-state index contributed by atoms with van der Waals surface area (Å²) in [5.41, 5.74) is 0.542. The first-order valence-electron chi connectivity index (χ1n) is 4.07. The predicted molar refractivity (Wildman–Crippen MR) is 56.2 cm³/mol. The molecule has 1 rings (SSSR count). The number of aromatic hydroxyl groups is 1. The van der Waals surface area contributed by atoms with E-state index in [0.29, 0.717) is 10.0 Å². The van der Waals surface area contributed by atoms with Gasteiger partial charge in [0.25, 0.3) is 0 Å². The number of phenols is 1. The molecule has 0 fully saturated rings. The molecule has 0 unspecified atom stereocenters. The molecule has 1 aromatic carbocycles. The second-order valence-electron chi connectivity index (χ2n) is 2.79. The number of benzene rings is 1. The Hall–Kier alpha value is -1.54. The van der Waals surface area contributed by atoms with Crippen molar-refractivity contribution in [3.05, 3.63) is 27.7 Å². The smallest absolute Gasteiger partial charge is 0.310 e. The zero-order valence-corrected chi connectivity index (χ0v) is 9.54. The summed E-state index contributed by atoms with van der Waals surface area (Å²) < 4.78 is 4.91. The van der Waals surface area contributed by atoms with Crippen LogP contribution in [0.1, 0.15) is 11.1 Å². The van der Waals surface area contributed by atoms with E-state index in [1.54, 1.807) is 12.1 Å². The van der Waals surface area contributed by atoms with Crippen molar-refractivity contribution in [3.8, 4) is 11.8 Å². The monoisotopic (exact) mass is 269 g/mol. The molecule has 1 aromatic rings. The van der Waals surface area contributed by atoms with Crippen LogP contribution < -0.4 is 0 Å². The molecule has 0 aromatic heterocycles. The van der Waals surface area contributed by atoms with Crippen LogP contribution in [0.5, 0.6) is 5.75 Å². The SMILES string of the molecule is COC(=O)Cc1ccc(Br)c(O)c1C#N. The van der Waals surface area contributed by atoms with E-state index in [1.807, 2.05) is 6.07 Å². The van der Waals surface area contributed by atoms with Gasteiger partial charge in [-0.15, -0.1) is 0 Å². The van der Waals surface area contributed by atoms with Gasteiger partial charge in [0, 0.05) is 0 Å². The predicted octanol–water partition coefficient (Wildman–Crippen LogP) is 1.74. The molecule has 0 radical (unpaired) electrons. The number of esters is 1. The zero-order valence-electron chi connectivity index (χ0n) is 7.95. The number of nitrogens with zero attached hydrogens (tertiary/aromatic N) is 1. The number of phenolic OH excluding ortho intramolecular Hbond substituents is 1. The fourth-order valence-electron chi connectivity index (χ4n) is 1.11. The molecular weight excluding hydrogens is 262 g/mol. The molecule has 78 valence electrons. The van der Waals surface area contributed by atoms with Gasteiger partial charge in [0.2, 0.25) is 0 Å². The normalized spacial score (nSPS) is 9.40. The summed E-state index contributed by atoms with van der Waals surface area (Å²) in [5, 5.41) is 18.4. The second-order valence-corrected chi connectivity index (χ2v) is 3.65. The van der Waals surface area contributed by atoms with Gasteiger partial charge in [-0.3, -0.25) is 4.79 Å². The van der Waals surface area contributed by atoms with E-state index in [4.69, 9.17) is 5.26 Å². The summed E-state index contributed by atoms with van der Waals surface area (Å²) in [7, 11) is 1.27. The van der Waals surface area contributed by atoms with E-state index in [0.717, 1.165) is 0 Å². The van der Waals surface area contributed by atoms with E-state index < -0.39 is 5.97 Å². The standard InChI is InChI=1S/C10H8BrNO3/c1-15-9(13)4-6-2-3-8(11)10(14)7(6)5-12/h2-3,14H,4H2,1H3. The topological polar surface area (TPSA) is 70.3 Å². The average Bonchev–Trinajstić information content (AvgIpc) is 2.24. The molecule has 5 heteroatoms. The number of halogens is 1. The highest BCUT2D eigenvalue weighted by molar-refractivity contribution is 9.10. The second kappa shape index (κ2) is 4.80. The summed E-state index contributed by atoms with van der Waals surface area (Å²) in [5.74, 6) is -0.605. The van der Waals surface area contributed by atoms with Gasteiger partial charge in [-0.25, -0.2) is 0 Å². The van der Waals surface area contributed by atoms with Gasteiger partial charge in [-0.2, -0.15) is 5.26 Å². The van der Waals surface area contributed by atoms with Crippen LogP contribution in [0.3, 0.4) is 0 Å². The first-order valence-corrected chi connectivity index (χ1v) is 4.86. The summed E-state index contributed by atoms with van der Waals surface area (Å²) in [4.78, 5) is 11.0. The van der Waals surface area contributed by atoms with Crippen LogP contribution in [0.25, 0.3) is 0 Å².